The predicted octanol–water partition coefficient (Wildman–Crippen LogP) is 3.69. The minimum atomic E-state index is -3.35. The fraction of sp³-hybridized carbons (Fsp3) is 0.250. The summed E-state index contributed by atoms with van der Waals surface area (Å²) >= 11 is 5.82. The van der Waals surface area contributed by atoms with Gasteiger partial charge in [-0.2, -0.15) is 4.31 Å². The van der Waals surface area contributed by atoms with Crippen LogP contribution >= 0.6 is 11.6 Å². The van der Waals surface area contributed by atoms with Crippen LogP contribution in [0.3, 0.4) is 0 Å². The quantitative estimate of drug-likeness (QED) is 0.813. The molecule has 0 amide bonds. The Morgan fingerprint density at radius 1 is 0.952 bits per heavy atom. The standard InChI is InChI=1S/C16H18ClNO2S/c1-2-18(12-14-6-4-3-5-7-14)21(19,20)13-15-8-10-16(17)11-9-15/h3-11H,2,12-13H2,1H3. The smallest absolute Gasteiger partial charge is 0.212 e. The summed E-state index contributed by atoms with van der Waals surface area (Å²) in [6.07, 6.45) is 0. The molecule has 112 valence electrons. The lowest BCUT2D eigenvalue weighted by molar-refractivity contribution is 0.423. The summed E-state index contributed by atoms with van der Waals surface area (Å²) in [4.78, 5) is 0. The van der Waals surface area contributed by atoms with Gasteiger partial charge >= 0.3 is 0 Å². The van der Waals surface area contributed by atoms with E-state index in [-0.39, 0.29) is 5.75 Å². The third-order valence-electron chi connectivity index (χ3n) is 3.21. The van der Waals surface area contributed by atoms with Gasteiger partial charge in [0.05, 0.1) is 5.75 Å². The Hall–Kier alpha value is -1.36. The summed E-state index contributed by atoms with van der Waals surface area (Å²) < 4.78 is 26.5. The van der Waals surface area contributed by atoms with Crippen molar-refractivity contribution in [2.24, 2.45) is 0 Å². The first-order chi connectivity index (χ1) is 10.0. The Labute approximate surface area is 131 Å². The van der Waals surface area contributed by atoms with Gasteiger partial charge in [0.15, 0.2) is 0 Å². The molecule has 0 spiro atoms. The van der Waals surface area contributed by atoms with Crippen molar-refractivity contribution in [3.63, 3.8) is 0 Å². The summed E-state index contributed by atoms with van der Waals surface area (Å²) in [7, 11) is -3.35. The zero-order chi connectivity index (χ0) is 15.3. The molecule has 0 N–H and O–H groups in total. The van der Waals surface area contributed by atoms with Crippen LogP contribution in [0.5, 0.6) is 0 Å². The third kappa shape index (κ3) is 4.56. The van der Waals surface area contributed by atoms with Crippen molar-refractivity contribution in [2.45, 2.75) is 19.2 Å². The Kier molecular flexibility index (Phi) is 5.39. The summed E-state index contributed by atoms with van der Waals surface area (Å²) in [5, 5.41) is 0.604. The predicted molar refractivity (Wildman–Crippen MR) is 86.6 cm³/mol. The maximum atomic E-state index is 12.5. The number of hydrogen-bond acceptors (Lipinski definition) is 2. The second-order valence-corrected chi connectivity index (χ2v) is 7.20. The van der Waals surface area contributed by atoms with Crippen molar-refractivity contribution in [1.29, 1.82) is 0 Å². The topological polar surface area (TPSA) is 37.4 Å². The molecule has 0 fully saturated rings. The first-order valence-electron chi connectivity index (χ1n) is 6.77. The normalized spacial score (nSPS) is 11.8. The monoisotopic (exact) mass is 323 g/mol. The van der Waals surface area contributed by atoms with Crippen LogP contribution in [0, 0.1) is 0 Å². The highest BCUT2D eigenvalue weighted by atomic mass is 35.5. The molecule has 0 radical (unpaired) electrons. The number of nitrogens with zero attached hydrogens (tertiary/aromatic N) is 1. The van der Waals surface area contributed by atoms with Crippen LogP contribution in [-0.2, 0) is 22.3 Å². The van der Waals surface area contributed by atoms with E-state index in [2.05, 4.69) is 0 Å². The molecule has 0 aromatic heterocycles. The van der Waals surface area contributed by atoms with Crippen molar-refractivity contribution in [2.75, 3.05) is 6.54 Å². The van der Waals surface area contributed by atoms with E-state index in [1.807, 2.05) is 37.3 Å². The van der Waals surface area contributed by atoms with Gasteiger partial charge < -0.3 is 0 Å². The van der Waals surface area contributed by atoms with E-state index in [4.69, 9.17) is 11.6 Å². The summed E-state index contributed by atoms with van der Waals surface area (Å²) in [5.41, 5.74) is 1.73. The number of rotatable bonds is 6. The highest BCUT2D eigenvalue weighted by Crippen LogP contribution is 2.16. The minimum Gasteiger partial charge on any atom is -0.212 e. The molecule has 5 heteroatoms. The van der Waals surface area contributed by atoms with Crippen LogP contribution < -0.4 is 0 Å². The molecule has 21 heavy (non-hydrogen) atoms. The lowest BCUT2D eigenvalue weighted by Gasteiger charge is -2.20. The second-order valence-electron chi connectivity index (χ2n) is 4.79. The van der Waals surface area contributed by atoms with Crippen LogP contribution in [0.25, 0.3) is 0 Å². The lowest BCUT2D eigenvalue weighted by atomic mass is 10.2. The molecule has 0 atom stereocenters. The number of hydrogen-bond donors (Lipinski definition) is 0. The van der Waals surface area contributed by atoms with Crippen LogP contribution in [-0.4, -0.2) is 19.3 Å². The van der Waals surface area contributed by atoms with Gasteiger partial charge in [0.2, 0.25) is 10.0 Å². The van der Waals surface area contributed by atoms with Crippen LogP contribution in [0.2, 0.25) is 5.02 Å². The first kappa shape index (κ1) is 16.0. The van der Waals surface area contributed by atoms with E-state index in [1.54, 1.807) is 24.3 Å². The number of halogens is 1. The van der Waals surface area contributed by atoms with Crippen molar-refractivity contribution in [3.05, 3.63) is 70.7 Å². The second kappa shape index (κ2) is 7.07. The molecule has 2 aromatic rings. The average molecular weight is 324 g/mol. The Balaban J connectivity index is 2.14. The number of sulfonamides is 1. The third-order valence-corrected chi connectivity index (χ3v) is 5.33. The van der Waals surface area contributed by atoms with E-state index in [0.717, 1.165) is 11.1 Å². The van der Waals surface area contributed by atoms with E-state index in [9.17, 15) is 8.42 Å². The molecule has 0 bridgehead atoms. The highest BCUT2D eigenvalue weighted by Gasteiger charge is 2.21. The van der Waals surface area contributed by atoms with Crippen molar-refractivity contribution in [3.8, 4) is 0 Å². The average Bonchev–Trinajstić information content (AvgIpc) is 2.48. The lowest BCUT2D eigenvalue weighted by Crippen LogP contribution is -2.31. The molecule has 0 aliphatic rings. The van der Waals surface area contributed by atoms with Gasteiger partial charge in [-0.05, 0) is 23.3 Å². The molecule has 0 saturated heterocycles. The van der Waals surface area contributed by atoms with Crippen molar-refractivity contribution < 1.29 is 8.42 Å². The van der Waals surface area contributed by atoms with Gasteiger partial charge in [0.1, 0.15) is 0 Å². The molecule has 3 nitrogen and oxygen atoms in total. The fourth-order valence-corrected chi connectivity index (χ4v) is 3.74. The highest BCUT2D eigenvalue weighted by molar-refractivity contribution is 7.88. The maximum absolute atomic E-state index is 12.5. The number of benzene rings is 2. The van der Waals surface area contributed by atoms with Gasteiger partial charge in [-0.15, -0.1) is 0 Å². The molecule has 2 aromatic carbocycles. The van der Waals surface area contributed by atoms with Gasteiger partial charge in [0.25, 0.3) is 0 Å². The first-order valence-corrected chi connectivity index (χ1v) is 8.76. The van der Waals surface area contributed by atoms with Crippen LogP contribution in [0.1, 0.15) is 18.1 Å². The Bertz CT molecular complexity index is 669. The van der Waals surface area contributed by atoms with E-state index >= 15 is 0 Å². The molecule has 0 aliphatic carbocycles. The molecule has 0 unspecified atom stereocenters. The fourth-order valence-electron chi connectivity index (χ4n) is 2.08. The van der Waals surface area contributed by atoms with Gasteiger partial charge in [-0.3, -0.25) is 0 Å². The van der Waals surface area contributed by atoms with Crippen LogP contribution in [0.4, 0.5) is 0 Å². The van der Waals surface area contributed by atoms with E-state index in [1.165, 1.54) is 4.31 Å². The summed E-state index contributed by atoms with van der Waals surface area (Å²) in [6.45, 7) is 2.69. The summed E-state index contributed by atoms with van der Waals surface area (Å²) in [6, 6.07) is 16.5. The summed E-state index contributed by atoms with van der Waals surface area (Å²) in [5.74, 6) is -0.00908. The molecular formula is C16H18ClNO2S. The molecule has 0 saturated carbocycles. The van der Waals surface area contributed by atoms with Crippen LogP contribution in [0.15, 0.2) is 54.6 Å². The molecular weight excluding hydrogens is 306 g/mol. The molecule has 0 aliphatic heterocycles. The Morgan fingerprint density at radius 3 is 2.14 bits per heavy atom. The zero-order valence-electron chi connectivity index (χ0n) is 11.9. The van der Waals surface area contributed by atoms with Gasteiger partial charge in [-0.1, -0.05) is 61.0 Å². The van der Waals surface area contributed by atoms with Gasteiger partial charge in [0, 0.05) is 18.1 Å². The zero-order valence-corrected chi connectivity index (χ0v) is 13.4. The molecule has 0 heterocycles. The van der Waals surface area contributed by atoms with E-state index in [0.29, 0.717) is 18.1 Å². The maximum Gasteiger partial charge on any atom is 0.218 e. The van der Waals surface area contributed by atoms with E-state index < -0.39 is 10.0 Å². The van der Waals surface area contributed by atoms with Crippen molar-refractivity contribution >= 4 is 21.6 Å². The molecule has 2 rings (SSSR count). The van der Waals surface area contributed by atoms with Gasteiger partial charge in [-0.25, -0.2) is 8.42 Å². The minimum absolute atomic E-state index is 0.00908. The largest absolute Gasteiger partial charge is 0.218 e. The van der Waals surface area contributed by atoms with Crippen molar-refractivity contribution in [1.82, 2.24) is 4.31 Å². The Morgan fingerprint density at radius 2 is 1.57 bits per heavy atom. The SMILES string of the molecule is CCN(Cc1ccccc1)S(=O)(=O)Cc1ccc(Cl)cc1.